The Balaban J connectivity index is 2.46. The molecule has 1 aromatic carbocycles. The standard InChI is InChI=1S/C14H20F3NO2/c1-3-13(18,4-2)10-19-9-11-5-7-12(8-6-11)20-14(15,16)17/h5-8H,3-4,9-10,18H2,1-2H3. The van der Waals surface area contributed by atoms with Crippen molar-refractivity contribution in [3.8, 4) is 5.75 Å². The van der Waals surface area contributed by atoms with E-state index in [0.29, 0.717) is 13.2 Å². The van der Waals surface area contributed by atoms with E-state index in [0.717, 1.165) is 18.4 Å². The molecule has 0 saturated carbocycles. The predicted octanol–water partition coefficient (Wildman–Crippen LogP) is 3.62. The summed E-state index contributed by atoms with van der Waals surface area (Å²) in [6, 6.07) is 5.61. The SMILES string of the molecule is CCC(N)(CC)COCc1ccc(OC(F)(F)F)cc1. The van der Waals surface area contributed by atoms with E-state index >= 15 is 0 Å². The number of hydrogen-bond donors (Lipinski definition) is 1. The maximum atomic E-state index is 12.0. The molecule has 2 N–H and O–H groups in total. The van der Waals surface area contributed by atoms with Gasteiger partial charge in [-0.2, -0.15) is 0 Å². The van der Waals surface area contributed by atoms with Crippen LogP contribution in [0.1, 0.15) is 32.3 Å². The Labute approximate surface area is 116 Å². The molecular weight excluding hydrogens is 271 g/mol. The average molecular weight is 291 g/mol. The Kier molecular flexibility index (Phi) is 5.83. The van der Waals surface area contributed by atoms with Crippen molar-refractivity contribution in [3.63, 3.8) is 0 Å². The van der Waals surface area contributed by atoms with Gasteiger partial charge in [0.2, 0.25) is 0 Å². The molecule has 1 aromatic rings. The van der Waals surface area contributed by atoms with E-state index in [4.69, 9.17) is 10.5 Å². The van der Waals surface area contributed by atoms with E-state index in [9.17, 15) is 13.2 Å². The predicted molar refractivity (Wildman–Crippen MR) is 70.3 cm³/mol. The molecule has 1 rings (SSSR count). The summed E-state index contributed by atoms with van der Waals surface area (Å²) in [4.78, 5) is 0. The van der Waals surface area contributed by atoms with Crippen LogP contribution in [0.4, 0.5) is 13.2 Å². The summed E-state index contributed by atoms with van der Waals surface area (Å²) >= 11 is 0. The van der Waals surface area contributed by atoms with Crippen LogP contribution in [0, 0.1) is 0 Å². The van der Waals surface area contributed by atoms with Gasteiger partial charge >= 0.3 is 6.36 Å². The summed E-state index contributed by atoms with van der Waals surface area (Å²) in [5.74, 6) is -0.239. The van der Waals surface area contributed by atoms with Crippen LogP contribution in [0.3, 0.4) is 0 Å². The quantitative estimate of drug-likeness (QED) is 0.834. The van der Waals surface area contributed by atoms with E-state index in [1.54, 1.807) is 0 Å². The molecule has 0 aliphatic rings. The van der Waals surface area contributed by atoms with Crippen LogP contribution in [-0.2, 0) is 11.3 Å². The molecule has 114 valence electrons. The average Bonchev–Trinajstić information content (AvgIpc) is 2.39. The van der Waals surface area contributed by atoms with Crippen LogP contribution < -0.4 is 10.5 Å². The topological polar surface area (TPSA) is 44.5 Å². The van der Waals surface area contributed by atoms with Gasteiger partial charge in [0, 0.05) is 5.54 Å². The van der Waals surface area contributed by atoms with E-state index < -0.39 is 6.36 Å². The maximum Gasteiger partial charge on any atom is 0.573 e. The van der Waals surface area contributed by atoms with Gasteiger partial charge in [-0.05, 0) is 30.5 Å². The Hall–Kier alpha value is -1.27. The highest BCUT2D eigenvalue weighted by atomic mass is 19.4. The van der Waals surface area contributed by atoms with Crippen LogP contribution in [0.5, 0.6) is 5.75 Å². The van der Waals surface area contributed by atoms with Crippen molar-refractivity contribution in [2.45, 2.75) is 45.2 Å². The van der Waals surface area contributed by atoms with Crippen molar-refractivity contribution in [1.29, 1.82) is 0 Å². The number of ether oxygens (including phenoxy) is 2. The lowest BCUT2D eigenvalue weighted by molar-refractivity contribution is -0.274. The van der Waals surface area contributed by atoms with Crippen LogP contribution in [0.2, 0.25) is 0 Å². The summed E-state index contributed by atoms with van der Waals surface area (Å²) in [7, 11) is 0. The van der Waals surface area contributed by atoms with Crippen LogP contribution in [0.25, 0.3) is 0 Å². The van der Waals surface area contributed by atoms with Gasteiger partial charge in [0.15, 0.2) is 0 Å². The van der Waals surface area contributed by atoms with E-state index in [1.807, 2.05) is 13.8 Å². The Bertz CT molecular complexity index is 400. The molecule has 0 bridgehead atoms. The lowest BCUT2D eigenvalue weighted by Gasteiger charge is -2.26. The minimum absolute atomic E-state index is 0.239. The largest absolute Gasteiger partial charge is 0.573 e. The van der Waals surface area contributed by atoms with Crippen molar-refractivity contribution < 1.29 is 22.6 Å². The molecule has 0 unspecified atom stereocenters. The lowest BCUT2D eigenvalue weighted by Crippen LogP contribution is -2.43. The monoisotopic (exact) mass is 291 g/mol. The Morgan fingerprint density at radius 1 is 1.05 bits per heavy atom. The highest BCUT2D eigenvalue weighted by molar-refractivity contribution is 5.27. The third kappa shape index (κ3) is 5.79. The zero-order valence-electron chi connectivity index (χ0n) is 11.7. The maximum absolute atomic E-state index is 12.0. The minimum atomic E-state index is -4.67. The third-order valence-corrected chi connectivity index (χ3v) is 3.22. The first-order valence-electron chi connectivity index (χ1n) is 6.49. The van der Waals surface area contributed by atoms with Gasteiger partial charge in [-0.3, -0.25) is 0 Å². The van der Waals surface area contributed by atoms with Crippen LogP contribution >= 0.6 is 0 Å². The fourth-order valence-corrected chi connectivity index (χ4v) is 1.61. The van der Waals surface area contributed by atoms with Crippen molar-refractivity contribution in [3.05, 3.63) is 29.8 Å². The van der Waals surface area contributed by atoms with Gasteiger partial charge in [-0.25, -0.2) is 0 Å². The highest BCUT2D eigenvalue weighted by Crippen LogP contribution is 2.23. The van der Waals surface area contributed by atoms with Gasteiger partial charge < -0.3 is 15.2 Å². The van der Waals surface area contributed by atoms with Gasteiger partial charge in [0.1, 0.15) is 5.75 Å². The zero-order valence-corrected chi connectivity index (χ0v) is 11.7. The molecule has 0 aliphatic carbocycles. The molecule has 20 heavy (non-hydrogen) atoms. The van der Waals surface area contributed by atoms with E-state index in [2.05, 4.69) is 4.74 Å². The third-order valence-electron chi connectivity index (χ3n) is 3.22. The summed E-state index contributed by atoms with van der Waals surface area (Å²) in [6.07, 6.45) is -3.05. The second kappa shape index (κ2) is 6.95. The van der Waals surface area contributed by atoms with Crippen molar-refractivity contribution in [2.24, 2.45) is 5.73 Å². The summed E-state index contributed by atoms with van der Waals surface area (Å²) in [5, 5.41) is 0. The van der Waals surface area contributed by atoms with Crippen molar-refractivity contribution in [2.75, 3.05) is 6.61 Å². The van der Waals surface area contributed by atoms with Gasteiger partial charge in [0.25, 0.3) is 0 Å². The summed E-state index contributed by atoms with van der Waals surface area (Å²) in [6.45, 7) is 4.72. The first-order chi connectivity index (χ1) is 9.28. The fraction of sp³-hybridized carbons (Fsp3) is 0.571. The number of halogens is 3. The normalized spacial score (nSPS) is 12.5. The van der Waals surface area contributed by atoms with Crippen molar-refractivity contribution >= 4 is 0 Å². The molecule has 0 aromatic heterocycles. The number of rotatable bonds is 7. The van der Waals surface area contributed by atoms with E-state index in [-0.39, 0.29) is 11.3 Å². The first-order valence-corrected chi connectivity index (χ1v) is 6.49. The highest BCUT2D eigenvalue weighted by Gasteiger charge is 2.30. The number of nitrogens with two attached hydrogens (primary N) is 1. The Morgan fingerprint density at radius 2 is 1.60 bits per heavy atom. The summed E-state index contributed by atoms with van der Waals surface area (Å²) < 4.78 is 45.3. The molecule has 0 atom stereocenters. The van der Waals surface area contributed by atoms with Gasteiger partial charge in [0.05, 0.1) is 13.2 Å². The molecular formula is C14H20F3NO2. The molecule has 0 radical (unpaired) electrons. The second-order valence-corrected chi connectivity index (χ2v) is 4.75. The first kappa shape index (κ1) is 16.8. The number of benzene rings is 1. The van der Waals surface area contributed by atoms with Gasteiger partial charge in [-0.15, -0.1) is 13.2 Å². The zero-order chi connectivity index (χ0) is 15.2. The molecule has 0 spiro atoms. The number of alkyl halides is 3. The molecule has 0 heterocycles. The fourth-order valence-electron chi connectivity index (χ4n) is 1.61. The molecule has 0 amide bonds. The second-order valence-electron chi connectivity index (χ2n) is 4.75. The minimum Gasteiger partial charge on any atom is -0.406 e. The van der Waals surface area contributed by atoms with Crippen molar-refractivity contribution in [1.82, 2.24) is 0 Å². The van der Waals surface area contributed by atoms with Crippen LogP contribution in [0.15, 0.2) is 24.3 Å². The Morgan fingerprint density at radius 3 is 2.05 bits per heavy atom. The molecule has 0 fully saturated rings. The molecule has 0 aliphatic heterocycles. The van der Waals surface area contributed by atoms with Crippen LogP contribution in [-0.4, -0.2) is 18.5 Å². The lowest BCUT2D eigenvalue weighted by atomic mass is 9.96. The molecule has 0 saturated heterocycles. The van der Waals surface area contributed by atoms with Gasteiger partial charge in [-0.1, -0.05) is 26.0 Å². The number of hydrogen-bond acceptors (Lipinski definition) is 3. The smallest absolute Gasteiger partial charge is 0.406 e. The van der Waals surface area contributed by atoms with E-state index in [1.165, 1.54) is 24.3 Å². The molecule has 3 nitrogen and oxygen atoms in total. The molecule has 6 heteroatoms. The summed E-state index contributed by atoms with van der Waals surface area (Å²) in [5.41, 5.74) is 6.51.